The molecule has 1 N–H and O–H groups in total. The maximum absolute atomic E-state index is 10.9. The van der Waals surface area contributed by atoms with Gasteiger partial charge in [-0.3, -0.25) is 9.69 Å². The molecule has 0 aromatic heterocycles. The van der Waals surface area contributed by atoms with Crippen LogP contribution in [0.3, 0.4) is 0 Å². The minimum Gasteiger partial charge on any atom is -0.480 e. The number of carbonyl (C=O) groups is 1. The van der Waals surface area contributed by atoms with Crippen LogP contribution in [0.15, 0.2) is 0 Å². The molecule has 1 atom stereocenters. The monoisotopic (exact) mass is 219 g/mol. The van der Waals surface area contributed by atoms with E-state index in [0.29, 0.717) is 13.1 Å². The summed E-state index contributed by atoms with van der Waals surface area (Å²) < 4.78 is 15.2. The molecule has 0 bridgehead atoms. The molecule has 1 unspecified atom stereocenters. The highest BCUT2D eigenvalue weighted by Gasteiger charge is 2.48. The molecule has 0 aliphatic carbocycles. The summed E-state index contributed by atoms with van der Waals surface area (Å²) in [6, 6.07) is -0.631. The number of nitrogens with zero attached hydrogens (tertiary/aromatic N) is 1. The molecule has 0 spiro atoms. The first kappa shape index (κ1) is 12.4. The van der Waals surface area contributed by atoms with E-state index in [2.05, 4.69) is 0 Å². The normalized spacial score (nSPS) is 22.1. The molecule has 15 heavy (non-hydrogen) atoms. The van der Waals surface area contributed by atoms with E-state index in [1.165, 1.54) is 7.11 Å². The first-order valence-electron chi connectivity index (χ1n) is 4.64. The average Bonchev–Trinajstić information content (AvgIpc) is 2.15. The fourth-order valence-corrected chi connectivity index (χ4v) is 1.63. The second-order valence-electron chi connectivity index (χ2n) is 3.53. The molecule has 1 heterocycles. The van der Waals surface area contributed by atoms with Gasteiger partial charge in [-0.05, 0) is 0 Å². The van der Waals surface area contributed by atoms with Crippen LogP contribution in [-0.4, -0.2) is 68.8 Å². The lowest BCUT2D eigenvalue weighted by Gasteiger charge is -2.49. The van der Waals surface area contributed by atoms with Crippen molar-refractivity contribution in [1.82, 2.24) is 4.90 Å². The lowest BCUT2D eigenvalue weighted by molar-refractivity contribution is -0.283. The molecule has 0 aromatic carbocycles. The number of carboxylic acid groups (broad SMARTS) is 1. The molecular formula is C9H17NO5. The highest BCUT2D eigenvalue weighted by atomic mass is 16.7. The van der Waals surface area contributed by atoms with Gasteiger partial charge in [-0.25, -0.2) is 0 Å². The summed E-state index contributed by atoms with van der Waals surface area (Å²) in [4.78, 5) is 12.7. The van der Waals surface area contributed by atoms with Gasteiger partial charge >= 0.3 is 5.97 Å². The zero-order valence-electron chi connectivity index (χ0n) is 9.23. The number of methoxy groups -OCH3 is 3. The van der Waals surface area contributed by atoms with E-state index in [4.69, 9.17) is 19.3 Å². The summed E-state index contributed by atoms with van der Waals surface area (Å²) in [5, 5.41) is 8.95. The van der Waals surface area contributed by atoms with Gasteiger partial charge in [-0.1, -0.05) is 0 Å². The Hall–Kier alpha value is -0.690. The van der Waals surface area contributed by atoms with E-state index in [1.54, 1.807) is 19.1 Å². The Morgan fingerprint density at radius 1 is 1.40 bits per heavy atom. The lowest BCUT2D eigenvalue weighted by atomic mass is 10.0. The standard InChI is InChI=1S/C9H17NO5/c1-13-4-7(8(11)12)10-5-9(6-10,14-2)15-3/h7H,4-6H2,1-3H3,(H,11,12). The van der Waals surface area contributed by atoms with E-state index in [1.807, 2.05) is 0 Å². The smallest absolute Gasteiger partial charge is 0.323 e. The first-order valence-corrected chi connectivity index (χ1v) is 4.64. The molecule has 1 saturated heterocycles. The van der Waals surface area contributed by atoms with Gasteiger partial charge in [0.2, 0.25) is 0 Å². The Kier molecular flexibility index (Phi) is 4.04. The van der Waals surface area contributed by atoms with Crippen LogP contribution >= 0.6 is 0 Å². The summed E-state index contributed by atoms with van der Waals surface area (Å²) >= 11 is 0. The van der Waals surface area contributed by atoms with Gasteiger partial charge in [0.15, 0.2) is 5.79 Å². The second kappa shape index (κ2) is 4.89. The Balaban J connectivity index is 2.50. The topological polar surface area (TPSA) is 68.2 Å². The summed E-state index contributed by atoms with van der Waals surface area (Å²) in [6.07, 6.45) is 0. The van der Waals surface area contributed by atoms with E-state index in [9.17, 15) is 4.79 Å². The van der Waals surface area contributed by atoms with Crippen molar-refractivity contribution in [2.45, 2.75) is 11.8 Å². The zero-order chi connectivity index (χ0) is 11.5. The number of hydrogen-bond donors (Lipinski definition) is 1. The van der Waals surface area contributed by atoms with Crippen LogP contribution < -0.4 is 0 Å². The van der Waals surface area contributed by atoms with Gasteiger partial charge in [0.05, 0.1) is 19.7 Å². The fourth-order valence-electron chi connectivity index (χ4n) is 1.63. The number of carboxylic acids is 1. The van der Waals surface area contributed by atoms with Crippen molar-refractivity contribution < 1.29 is 24.1 Å². The van der Waals surface area contributed by atoms with E-state index in [-0.39, 0.29) is 6.61 Å². The molecule has 1 aliphatic heterocycles. The van der Waals surface area contributed by atoms with Crippen LogP contribution in [0.2, 0.25) is 0 Å². The van der Waals surface area contributed by atoms with Gasteiger partial charge in [-0.2, -0.15) is 0 Å². The third-order valence-corrected chi connectivity index (χ3v) is 2.68. The predicted molar refractivity (Wildman–Crippen MR) is 51.6 cm³/mol. The van der Waals surface area contributed by atoms with Crippen LogP contribution in [0.25, 0.3) is 0 Å². The van der Waals surface area contributed by atoms with Crippen molar-refractivity contribution in [2.75, 3.05) is 41.0 Å². The quantitative estimate of drug-likeness (QED) is 0.601. The minimum absolute atomic E-state index is 0.166. The number of aliphatic carboxylic acids is 1. The molecule has 0 radical (unpaired) electrons. The van der Waals surface area contributed by atoms with Gasteiger partial charge in [0, 0.05) is 21.3 Å². The zero-order valence-corrected chi connectivity index (χ0v) is 9.23. The Morgan fingerprint density at radius 3 is 2.27 bits per heavy atom. The average molecular weight is 219 g/mol. The Bertz CT molecular complexity index is 221. The summed E-state index contributed by atoms with van der Waals surface area (Å²) in [5.41, 5.74) is 0. The van der Waals surface area contributed by atoms with Crippen molar-refractivity contribution in [3.05, 3.63) is 0 Å². The van der Waals surface area contributed by atoms with Gasteiger partial charge < -0.3 is 19.3 Å². The van der Waals surface area contributed by atoms with Crippen molar-refractivity contribution in [3.63, 3.8) is 0 Å². The number of hydrogen-bond acceptors (Lipinski definition) is 5. The molecule has 88 valence electrons. The van der Waals surface area contributed by atoms with Crippen LogP contribution in [0, 0.1) is 0 Å². The van der Waals surface area contributed by atoms with E-state index in [0.717, 1.165) is 0 Å². The highest BCUT2D eigenvalue weighted by Crippen LogP contribution is 2.27. The molecule has 1 aliphatic rings. The molecular weight excluding hydrogens is 202 g/mol. The van der Waals surface area contributed by atoms with Gasteiger partial charge in [0.1, 0.15) is 6.04 Å². The molecule has 6 heteroatoms. The van der Waals surface area contributed by atoms with Crippen LogP contribution in [0.5, 0.6) is 0 Å². The fraction of sp³-hybridized carbons (Fsp3) is 0.889. The minimum atomic E-state index is -0.891. The maximum atomic E-state index is 10.9. The van der Waals surface area contributed by atoms with Crippen LogP contribution in [-0.2, 0) is 19.0 Å². The van der Waals surface area contributed by atoms with Gasteiger partial charge in [-0.15, -0.1) is 0 Å². The Morgan fingerprint density at radius 2 is 1.93 bits per heavy atom. The third-order valence-electron chi connectivity index (χ3n) is 2.68. The van der Waals surface area contributed by atoms with Crippen molar-refractivity contribution >= 4 is 5.97 Å². The van der Waals surface area contributed by atoms with Crippen LogP contribution in [0.1, 0.15) is 0 Å². The molecule has 6 nitrogen and oxygen atoms in total. The van der Waals surface area contributed by atoms with Crippen molar-refractivity contribution in [2.24, 2.45) is 0 Å². The van der Waals surface area contributed by atoms with Crippen LogP contribution in [0.4, 0.5) is 0 Å². The predicted octanol–water partition coefficient (Wildman–Crippen LogP) is -0.609. The largest absolute Gasteiger partial charge is 0.480 e. The lowest BCUT2D eigenvalue weighted by Crippen LogP contribution is -2.68. The number of ether oxygens (including phenoxy) is 3. The third kappa shape index (κ3) is 2.46. The molecule has 1 rings (SSSR count). The van der Waals surface area contributed by atoms with E-state index >= 15 is 0 Å². The maximum Gasteiger partial charge on any atom is 0.323 e. The summed E-state index contributed by atoms with van der Waals surface area (Å²) in [7, 11) is 4.58. The molecule has 0 saturated carbocycles. The van der Waals surface area contributed by atoms with Crippen molar-refractivity contribution in [3.8, 4) is 0 Å². The number of rotatable bonds is 6. The molecule has 1 fully saturated rings. The SMILES string of the molecule is COCC(C(=O)O)N1CC(OC)(OC)C1. The van der Waals surface area contributed by atoms with Crippen molar-refractivity contribution in [1.29, 1.82) is 0 Å². The van der Waals surface area contributed by atoms with E-state index < -0.39 is 17.8 Å². The Labute approximate surface area is 88.7 Å². The molecule has 0 amide bonds. The first-order chi connectivity index (χ1) is 7.08. The molecule has 0 aromatic rings. The second-order valence-corrected chi connectivity index (χ2v) is 3.53. The summed E-state index contributed by atoms with van der Waals surface area (Å²) in [6.45, 7) is 1.06. The highest BCUT2D eigenvalue weighted by molar-refractivity contribution is 5.73. The summed E-state index contributed by atoms with van der Waals surface area (Å²) in [5.74, 6) is -1.54. The number of likely N-dealkylation sites (tertiary alicyclic amines) is 1. The van der Waals surface area contributed by atoms with Gasteiger partial charge in [0.25, 0.3) is 0 Å².